The highest BCUT2D eigenvalue weighted by molar-refractivity contribution is 6.01. The maximum absolute atomic E-state index is 14.2. The highest BCUT2D eigenvalue weighted by Gasteiger charge is 2.20. The summed E-state index contributed by atoms with van der Waals surface area (Å²) in [6.45, 7) is 1.36. The summed E-state index contributed by atoms with van der Waals surface area (Å²) in [5.74, 6) is -1.72. The maximum Gasteiger partial charge on any atom is 0.278 e. The number of hydrogen-bond donors (Lipinski definition) is 3. The van der Waals surface area contributed by atoms with Crippen LogP contribution in [-0.4, -0.2) is 33.6 Å². The van der Waals surface area contributed by atoms with Gasteiger partial charge in [0.2, 0.25) is 0 Å². The standard InChI is InChI=1S/C17H16F2N4O3/c1-10-2-3-14(12(18)6-10)21-16-11(17(25)22-26-5-4-24)7-15-13(19)8-20-9-23(15)16/h2-3,6-9,21,24H,4-5H2,1H3,(H,22,25). The van der Waals surface area contributed by atoms with Gasteiger partial charge in [-0.05, 0) is 30.7 Å². The summed E-state index contributed by atoms with van der Waals surface area (Å²) in [4.78, 5) is 20.9. The van der Waals surface area contributed by atoms with E-state index in [1.807, 2.05) is 0 Å². The number of hydroxylamine groups is 1. The Morgan fingerprint density at radius 2 is 2.12 bits per heavy atom. The van der Waals surface area contributed by atoms with Crippen LogP contribution < -0.4 is 10.8 Å². The van der Waals surface area contributed by atoms with Crippen molar-refractivity contribution in [2.75, 3.05) is 18.5 Å². The number of aliphatic hydroxyl groups excluding tert-OH is 1. The van der Waals surface area contributed by atoms with Gasteiger partial charge in [0.05, 0.1) is 36.2 Å². The molecule has 0 saturated heterocycles. The molecule has 0 aliphatic heterocycles. The summed E-state index contributed by atoms with van der Waals surface area (Å²) in [6.07, 6.45) is 2.31. The zero-order valence-electron chi connectivity index (χ0n) is 13.8. The molecule has 0 unspecified atom stereocenters. The second-order valence-electron chi connectivity index (χ2n) is 5.51. The molecule has 0 aliphatic carbocycles. The number of carbonyl (C=O) groups is 1. The number of aliphatic hydroxyl groups is 1. The van der Waals surface area contributed by atoms with Crippen molar-refractivity contribution in [2.45, 2.75) is 6.92 Å². The molecule has 0 aliphatic rings. The van der Waals surface area contributed by atoms with Crippen LogP contribution >= 0.6 is 0 Å². The number of anilines is 2. The predicted molar refractivity (Wildman–Crippen MR) is 90.1 cm³/mol. The van der Waals surface area contributed by atoms with Crippen LogP contribution in [0.4, 0.5) is 20.3 Å². The van der Waals surface area contributed by atoms with E-state index in [1.165, 1.54) is 28.9 Å². The zero-order valence-corrected chi connectivity index (χ0v) is 13.8. The van der Waals surface area contributed by atoms with Gasteiger partial charge in [-0.1, -0.05) is 6.07 Å². The number of rotatable bonds is 6. The van der Waals surface area contributed by atoms with Gasteiger partial charge in [-0.15, -0.1) is 0 Å². The fourth-order valence-electron chi connectivity index (χ4n) is 2.43. The molecular weight excluding hydrogens is 346 g/mol. The Bertz CT molecular complexity index is 959. The molecule has 0 fully saturated rings. The first-order chi connectivity index (χ1) is 12.5. The number of nitrogens with one attached hydrogen (secondary N) is 2. The number of benzene rings is 1. The number of fused-ring (bicyclic) bond motifs is 1. The first kappa shape index (κ1) is 17.8. The van der Waals surface area contributed by atoms with E-state index >= 15 is 0 Å². The van der Waals surface area contributed by atoms with Crippen molar-refractivity contribution in [1.82, 2.24) is 14.9 Å². The zero-order chi connectivity index (χ0) is 18.7. The molecule has 2 heterocycles. The molecule has 0 atom stereocenters. The molecule has 2 aromatic heterocycles. The summed E-state index contributed by atoms with van der Waals surface area (Å²) < 4.78 is 29.5. The molecule has 3 rings (SSSR count). The lowest BCUT2D eigenvalue weighted by Gasteiger charge is -2.11. The SMILES string of the molecule is Cc1ccc(Nc2c(C(=O)NOCCO)cc3c(F)cncn23)c(F)c1. The number of carbonyl (C=O) groups excluding carboxylic acids is 1. The van der Waals surface area contributed by atoms with Crippen LogP contribution in [0.2, 0.25) is 0 Å². The molecule has 1 amide bonds. The topological polar surface area (TPSA) is 87.9 Å². The Morgan fingerprint density at radius 1 is 1.31 bits per heavy atom. The molecule has 1 aromatic carbocycles. The smallest absolute Gasteiger partial charge is 0.278 e. The lowest BCUT2D eigenvalue weighted by molar-refractivity contribution is 0.0169. The van der Waals surface area contributed by atoms with E-state index in [-0.39, 0.29) is 35.8 Å². The lowest BCUT2D eigenvalue weighted by atomic mass is 10.2. The third-order valence-corrected chi connectivity index (χ3v) is 3.63. The molecule has 0 saturated carbocycles. The van der Waals surface area contributed by atoms with Gasteiger partial charge in [-0.3, -0.25) is 14.0 Å². The van der Waals surface area contributed by atoms with E-state index in [0.717, 1.165) is 11.8 Å². The van der Waals surface area contributed by atoms with E-state index in [9.17, 15) is 13.6 Å². The quantitative estimate of drug-likeness (QED) is 0.463. The van der Waals surface area contributed by atoms with Crippen LogP contribution in [0.15, 0.2) is 36.8 Å². The van der Waals surface area contributed by atoms with E-state index < -0.39 is 17.5 Å². The van der Waals surface area contributed by atoms with Crippen LogP contribution in [0.25, 0.3) is 5.52 Å². The van der Waals surface area contributed by atoms with Gasteiger partial charge in [0, 0.05) is 0 Å². The van der Waals surface area contributed by atoms with Crippen molar-refractivity contribution in [3.05, 3.63) is 59.6 Å². The normalized spacial score (nSPS) is 10.9. The van der Waals surface area contributed by atoms with Crippen LogP contribution in [0, 0.1) is 18.6 Å². The third-order valence-electron chi connectivity index (χ3n) is 3.63. The minimum Gasteiger partial charge on any atom is -0.394 e. The predicted octanol–water partition coefficient (Wildman–Crippen LogP) is 2.32. The van der Waals surface area contributed by atoms with Crippen LogP contribution in [0.1, 0.15) is 15.9 Å². The Balaban J connectivity index is 2.04. The fourth-order valence-corrected chi connectivity index (χ4v) is 2.43. The molecule has 3 N–H and O–H groups in total. The van der Waals surface area contributed by atoms with Crippen LogP contribution in [0.3, 0.4) is 0 Å². The Kier molecular flexibility index (Phi) is 5.10. The second-order valence-corrected chi connectivity index (χ2v) is 5.51. The van der Waals surface area contributed by atoms with Gasteiger partial charge >= 0.3 is 0 Å². The first-order valence-corrected chi connectivity index (χ1v) is 7.72. The molecule has 0 spiro atoms. The number of halogens is 2. The number of aromatic nitrogens is 2. The minimum atomic E-state index is -0.684. The van der Waals surface area contributed by atoms with Gasteiger partial charge in [-0.25, -0.2) is 19.2 Å². The summed E-state index contributed by atoms with van der Waals surface area (Å²) >= 11 is 0. The van der Waals surface area contributed by atoms with Crippen molar-refractivity contribution in [2.24, 2.45) is 0 Å². The third kappa shape index (κ3) is 3.48. The fraction of sp³-hybridized carbons (Fsp3) is 0.176. The van der Waals surface area contributed by atoms with Crippen molar-refractivity contribution in [3.8, 4) is 0 Å². The molecule has 136 valence electrons. The van der Waals surface area contributed by atoms with Gasteiger partial charge in [-0.2, -0.15) is 0 Å². The van der Waals surface area contributed by atoms with Crippen LogP contribution in [-0.2, 0) is 4.84 Å². The highest BCUT2D eigenvalue weighted by Crippen LogP contribution is 2.28. The van der Waals surface area contributed by atoms with Crippen molar-refractivity contribution in [1.29, 1.82) is 0 Å². The molecule has 0 radical (unpaired) electrons. The summed E-state index contributed by atoms with van der Waals surface area (Å²) in [5.41, 5.74) is 3.10. The molecule has 0 bridgehead atoms. The van der Waals surface area contributed by atoms with E-state index in [1.54, 1.807) is 13.0 Å². The van der Waals surface area contributed by atoms with E-state index in [4.69, 9.17) is 9.94 Å². The number of aryl methyl sites for hydroxylation is 1. The summed E-state index contributed by atoms with van der Waals surface area (Å²) in [6, 6.07) is 5.84. The Morgan fingerprint density at radius 3 is 2.85 bits per heavy atom. The molecule has 7 nitrogen and oxygen atoms in total. The molecule has 3 aromatic rings. The molecular formula is C17H16F2N4O3. The van der Waals surface area contributed by atoms with Crippen molar-refractivity contribution < 1.29 is 23.5 Å². The number of hydrogen-bond acceptors (Lipinski definition) is 5. The van der Waals surface area contributed by atoms with Crippen LogP contribution in [0.5, 0.6) is 0 Å². The van der Waals surface area contributed by atoms with Crippen molar-refractivity contribution >= 4 is 22.9 Å². The van der Waals surface area contributed by atoms with Gasteiger partial charge < -0.3 is 10.4 Å². The van der Waals surface area contributed by atoms with Crippen molar-refractivity contribution in [3.63, 3.8) is 0 Å². The Labute approximate surface area is 147 Å². The molecule has 26 heavy (non-hydrogen) atoms. The largest absolute Gasteiger partial charge is 0.394 e. The van der Waals surface area contributed by atoms with Gasteiger partial charge in [0.1, 0.15) is 18.0 Å². The maximum atomic E-state index is 14.2. The minimum absolute atomic E-state index is 0.0230. The highest BCUT2D eigenvalue weighted by atomic mass is 19.1. The Hall–Kier alpha value is -3.04. The lowest BCUT2D eigenvalue weighted by Crippen LogP contribution is -2.25. The summed E-state index contributed by atoms with van der Waals surface area (Å²) in [7, 11) is 0. The van der Waals surface area contributed by atoms with Gasteiger partial charge in [0.15, 0.2) is 5.82 Å². The first-order valence-electron chi connectivity index (χ1n) is 7.72. The van der Waals surface area contributed by atoms with Gasteiger partial charge in [0.25, 0.3) is 5.91 Å². The monoisotopic (exact) mass is 362 g/mol. The second kappa shape index (κ2) is 7.46. The average molecular weight is 362 g/mol. The number of amides is 1. The van der Waals surface area contributed by atoms with E-state index in [0.29, 0.717) is 0 Å². The molecule has 9 heteroatoms. The number of nitrogens with zero attached hydrogens (tertiary/aromatic N) is 2. The summed E-state index contributed by atoms with van der Waals surface area (Å²) in [5, 5.41) is 11.5. The average Bonchev–Trinajstić information content (AvgIpc) is 2.98. The van der Waals surface area contributed by atoms with E-state index in [2.05, 4.69) is 15.8 Å².